The highest BCUT2D eigenvalue weighted by atomic mass is 35.5. The Morgan fingerprint density at radius 1 is 1.23 bits per heavy atom. The Hall–Kier alpha value is -2.15. The summed E-state index contributed by atoms with van der Waals surface area (Å²) in [5.74, 6) is -2.45. The molecular formula is C18H14Cl2F2N2O2. The second-order valence-corrected chi connectivity index (χ2v) is 6.48. The van der Waals surface area contributed by atoms with E-state index in [9.17, 15) is 13.6 Å². The van der Waals surface area contributed by atoms with Gasteiger partial charge in [0.05, 0.1) is 12.2 Å². The number of amides is 1. The number of carbonyl (C=O) groups is 1. The quantitative estimate of drug-likeness (QED) is 0.765. The van der Waals surface area contributed by atoms with E-state index in [-0.39, 0.29) is 17.3 Å². The van der Waals surface area contributed by atoms with Gasteiger partial charge in [-0.15, -0.1) is 0 Å². The average molecular weight is 399 g/mol. The molecule has 1 atom stereocenters. The maximum atomic E-state index is 13.7. The Bertz CT molecular complexity index is 889. The predicted octanol–water partition coefficient (Wildman–Crippen LogP) is 4.24. The summed E-state index contributed by atoms with van der Waals surface area (Å²) in [4.78, 5) is 13.9. The number of ether oxygens (including phenoxy) is 1. The third kappa shape index (κ3) is 3.82. The Morgan fingerprint density at radius 3 is 2.69 bits per heavy atom. The van der Waals surface area contributed by atoms with Crippen molar-refractivity contribution in [3.05, 3.63) is 81.1 Å². The van der Waals surface area contributed by atoms with E-state index >= 15 is 0 Å². The Morgan fingerprint density at radius 2 is 2.00 bits per heavy atom. The first-order valence-electron chi connectivity index (χ1n) is 7.62. The minimum Gasteiger partial charge on any atom is -0.348 e. The molecular weight excluding hydrogens is 385 g/mol. The maximum absolute atomic E-state index is 13.7. The lowest BCUT2D eigenvalue weighted by atomic mass is 10.1. The molecule has 0 saturated carbocycles. The Kier molecular flexibility index (Phi) is 5.46. The van der Waals surface area contributed by atoms with E-state index in [4.69, 9.17) is 27.9 Å². The smallest absolute Gasteiger partial charge is 0.258 e. The number of benzene rings is 2. The van der Waals surface area contributed by atoms with Crippen molar-refractivity contribution in [1.29, 1.82) is 0 Å². The molecule has 0 radical (unpaired) electrons. The van der Waals surface area contributed by atoms with Crippen molar-refractivity contribution in [3.8, 4) is 0 Å². The van der Waals surface area contributed by atoms with E-state index in [2.05, 4.69) is 5.32 Å². The molecule has 1 heterocycles. The van der Waals surface area contributed by atoms with Crippen LogP contribution in [0, 0.1) is 11.6 Å². The molecule has 8 heteroatoms. The van der Waals surface area contributed by atoms with Gasteiger partial charge in [-0.2, -0.15) is 0 Å². The van der Waals surface area contributed by atoms with Crippen LogP contribution in [0.1, 0.15) is 15.9 Å². The number of nitrogens with one attached hydrogen (secondary N) is 1. The van der Waals surface area contributed by atoms with Gasteiger partial charge in [0.2, 0.25) is 0 Å². The van der Waals surface area contributed by atoms with Gasteiger partial charge in [-0.3, -0.25) is 4.79 Å². The summed E-state index contributed by atoms with van der Waals surface area (Å²) < 4.78 is 32.5. The second-order valence-electron chi connectivity index (χ2n) is 5.69. The Balaban J connectivity index is 1.69. The van der Waals surface area contributed by atoms with Crippen molar-refractivity contribution < 1.29 is 18.3 Å². The number of nitrogens with zero attached hydrogens (tertiary/aromatic N) is 1. The van der Waals surface area contributed by atoms with Gasteiger partial charge in [-0.1, -0.05) is 35.3 Å². The fraction of sp³-hybridized carbons (Fsp3) is 0.167. The lowest BCUT2D eigenvalue weighted by Crippen LogP contribution is -2.50. The van der Waals surface area contributed by atoms with Crippen LogP contribution in [-0.2, 0) is 11.3 Å². The van der Waals surface area contributed by atoms with Crippen LogP contribution in [0.5, 0.6) is 0 Å². The first-order chi connectivity index (χ1) is 12.4. The zero-order valence-corrected chi connectivity index (χ0v) is 15.1. The third-order valence-electron chi connectivity index (χ3n) is 3.85. The maximum Gasteiger partial charge on any atom is 0.258 e. The van der Waals surface area contributed by atoms with Crippen molar-refractivity contribution in [2.24, 2.45) is 0 Å². The fourth-order valence-corrected chi connectivity index (χ4v) is 2.94. The summed E-state index contributed by atoms with van der Waals surface area (Å²) in [7, 11) is 1.69. The molecule has 0 bridgehead atoms. The molecule has 1 aliphatic heterocycles. The van der Waals surface area contributed by atoms with Crippen LogP contribution < -0.4 is 5.32 Å². The molecule has 26 heavy (non-hydrogen) atoms. The molecule has 0 fully saturated rings. The molecule has 1 N–H and O–H groups in total. The van der Waals surface area contributed by atoms with Crippen LogP contribution >= 0.6 is 23.2 Å². The average Bonchev–Trinajstić information content (AvgIpc) is 2.60. The van der Waals surface area contributed by atoms with Crippen molar-refractivity contribution in [1.82, 2.24) is 10.2 Å². The highest BCUT2D eigenvalue weighted by Gasteiger charge is 2.36. The molecule has 2 aromatic carbocycles. The van der Waals surface area contributed by atoms with Crippen LogP contribution in [0.3, 0.4) is 0 Å². The molecule has 4 nitrogen and oxygen atoms in total. The SMILES string of the molecule is CN1C(Cl)=C(NC(=O)c2ccc(F)cc2F)C1OCc1cccc(Cl)c1. The molecule has 2 aromatic rings. The lowest BCUT2D eigenvalue weighted by Gasteiger charge is -2.40. The van der Waals surface area contributed by atoms with Gasteiger partial charge in [-0.25, -0.2) is 8.78 Å². The highest BCUT2D eigenvalue weighted by molar-refractivity contribution is 6.30. The van der Waals surface area contributed by atoms with Crippen molar-refractivity contribution in [2.75, 3.05) is 7.05 Å². The Labute approximate surface area is 159 Å². The number of hydrogen-bond acceptors (Lipinski definition) is 3. The van der Waals surface area contributed by atoms with E-state index in [1.807, 2.05) is 6.07 Å². The van der Waals surface area contributed by atoms with Crippen LogP contribution in [0.4, 0.5) is 8.78 Å². The number of halogens is 4. The van der Waals surface area contributed by atoms with Crippen molar-refractivity contribution in [2.45, 2.75) is 12.8 Å². The summed E-state index contributed by atoms with van der Waals surface area (Å²) in [5.41, 5.74) is 0.876. The first kappa shape index (κ1) is 18.6. The highest BCUT2D eigenvalue weighted by Crippen LogP contribution is 2.32. The largest absolute Gasteiger partial charge is 0.348 e. The van der Waals surface area contributed by atoms with Crippen LogP contribution in [0.15, 0.2) is 53.3 Å². The van der Waals surface area contributed by atoms with E-state index < -0.39 is 23.8 Å². The van der Waals surface area contributed by atoms with Crippen LogP contribution in [0.2, 0.25) is 5.02 Å². The van der Waals surface area contributed by atoms with Gasteiger partial charge in [0, 0.05) is 18.1 Å². The van der Waals surface area contributed by atoms with Gasteiger partial charge in [-0.05, 0) is 29.8 Å². The van der Waals surface area contributed by atoms with E-state index in [1.54, 1.807) is 30.1 Å². The van der Waals surface area contributed by atoms with Gasteiger partial charge in [0.15, 0.2) is 6.23 Å². The summed E-state index contributed by atoms with van der Waals surface area (Å²) in [6.45, 7) is 0.240. The molecule has 1 aliphatic rings. The molecule has 0 saturated heterocycles. The van der Waals surface area contributed by atoms with Crippen molar-refractivity contribution in [3.63, 3.8) is 0 Å². The molecule has 1 unspecified atom stereocenters. The number of rotatable bonds is 5. The van der Waals surface area contributed by atoms with Crippen molar-refractivity contribution >= 4 is 29.1 Å². The summed E-state index contributed by atoms with van der Waals surface area (Å²) in [6, 6.07) is 9.88. The first-order valence-corrected chi connectivity index (χ1v) is 8.37. The minimum atomic E-state index is -0.955. The molecule has 0 aliphatic carbocycles. The number of hydrogen-bond donors (Lipinski definition) is 1. The molecule has 0 spiro atoms. The normalized spacial score (nSPS) is 16.5. The summed E-state index contributed by atoms with van der Waals surface area (Å²) >= 11 is 12.0. The molecule has 136 valence electrons. The molecule has 0 aromatic heterocycles. The van der Waals surface area contributed by atoms with Crippen LogP contribution in [-0.4, -0.2) is 24.1 Å². The van der Waals surface area contributed by atoms with E-state index in [0.29, 0.717) is 16.8 Å². The standard InChI is InChI=1S/C18H14Cl2F2N2O2/c1-24-16(20)15(18(24)26-9-10-3-2-4-11(19)7-10)23-17(25)13-6-5-12(21)8-14(13)22/h2-8,18H,9H2,1H3,(H,23,25). The fourth-order valence-electron chi connectivity index (χ4n) is 2.50. The van der Waals surface area contributed by atoms with E-state index in [0.717, 1.165) is 17.7 Å². The molecule has 3 rings (SSSR count). The van der Waals surface area contributed by atoms with Gasteiger partial charge < -0.3 is 15.0 Å². The summed E-state index contributed by atoms with van der Waals surface area (Å²) in [6.07, 6.45) is -0.603. The summed E-state index contributed by atoms with van der Waals surface area (Å²) in [5, 5.41) is 3.38. The zero-order valence-electron chi connectivity index (χ0n) is 13.6. The third-order valence-corrected chi connectivity index (χ3v) is 4.56. The molecule has 1 amide bonds. The predicted molar refractivity (Wildman–Crippen MR) is 94.5 cm³/mol. The lowest BCUT2D eigenvalue weighted by molar-refractivity contribution is -0.0424. The van der Waals surface area contributed by atoms with Gasteiger partial charge in [0.1, 0.15) is 22.5 Å². The van der Waals surface area contributed by atoms with Gasteiger partial charge in [0.25, 0.3) is 5.91 Å². The minimum absolute atomic E-state index is 0.240. The monoisotopic (exact) mass is 398 g/mol. The van der Waals surface area contributed by atoms with Crippen LogP contribution in [0.25, 0.3) is 0 Å². The second kappa shape index (κ2) is 7.61. The zero-order chi connectivity index (χ0) is 18.8. The number of likely N-dealkylation sites (N-methyl/N-ethyl adjacent to an activating group) is 1. The number of carbonyl (C=O) groups excluding carboxylic acids is 1. The van der Waals surface area contributed by atoms with E-state index in [1.165, 1.54) is 0 Å². The van der Waals surface area contributed by atoms with Gasteiger partial charge >= 0.3 is 0 Å². The topological polar surface area (TPSA) is 41.6 Å².